The third kappa shape index (κ3) is 6.72. The zero-order valence-corrected chi connectivity index (χ0v) is 20.1. The minimum Gasteiger partial charge on any atom is -0.370 e. The summed E-state index contributed by atoms with van der Waals surface area (Å²) in [6, 6.07) is 5.56. The first kappa shape index (κ1) is 26.0. The number of nitrogens with one attached hydrogen (secondary N) is 3. The predicted molar refractivity (Wildman–Crippen MR) is 135 cm³/mol. The normalized spacial score (nSPS) is 17.1. The number of aromatic nitrogens is 1. The summed E-state index contributed by atoms with van der Waals surface area (Å²) in [6.07, 6.45) is 4.27. The third-order valence-corrected chi connectivity index (χ3v) is 6.20. The van der Waals surface area contributed by atoms with E-state index in [2.05, 4.69) is 20.6 Å². The van der Waals surface area contributed by atoms with Crippen LogP contribution in [0.1, 0.15) is 38.2 Å². The van der Waals surface area contributed by atoms with Crippen molar-refractivity contribution >= 4 is 34.6 Å². The Hall–Kier alpha value is -3.60. The van der Waals surface area contributed by atoms with Crippen LogP contribution >= 0.6 is 0 Å². The molecule has 0 bridgehead atoms. The average Bonchev–Trinajstić information content (AvgIpc) is 3.48. The van der Waals surface area contributed by atoms with Gasteiger partial charge in [-0.15, -0.1) is 0 Å². The molecule has 9 N–H and O–H groups in total. The molecule has 0 saturated carbocycles. The second-order valence-electron chi connectivity index (χ2n) is 8.76. The average molecular weight is 485 g/mol. The summed E-state index contributed by atoms with van der Waals surface area (Å²) in [4.78, 5) is 47.6. The summed E-state index contributed by atoms with van der Waals surface area (Å²) in [6.45, 7) is 3.10. The SMILES string of the molecule is CCNC(=O)[C@@H]1CCCN1C(=O)[C@H](CCCN=C(N)N)NC(=O)[C@@H](N)Cc1c[nH]c2ccccc12. The van der Waals surface area contributed by atoms with E-state index in [4.69, 9.17) is 17.2 Å². The molecule has 1 fully saturated rings. The Kier molecular flexibility index (Phi) is 9.07. The summed E-state index contributed by atoms with van der Waals surface area (Å²) in [5, 5.41) is 6.61. The summed E-state index contributed by atoms with van der Waals surface area (Å²) in [7, 11) is 0. The van der Waals surface area contributed by atoms with Gasteiger partial charge < -0.3 is 37.7 Å². The number of benzene rings is 1. The van der Waals surface area contributed by atoms with E-state index in [9.17, 15) is 14.4 Å². The van der Waals surface area contributed by atoms with Crippen LogP contribution in [0.4, 0.5) is 0 Å². The first-order valence-electron chi connectivity index (χ1n) is 12.1. The second-order valence-corrected chi connectivity index (χ2v) is 8.76. The number of H-pyrrole nitrogens is 1. The largest absolute Gasteiger partial charge is 0.370 e. The Bertz CT molecular complexity index is 1060. The highest BCUT2D eigenvalue weighted by molar-refractivity contribution is 5.94. The topological polar surface area (TPSA) is 185 Å². The highest BCUT2D eigenvalue weighted by Crippen LogP contribution is 2.21. The number of nitrogens with two attached hydrogens (primary N) is 3. The zero-order valence-electron chi connectivity index (χ0n) is 20.1. The van der Waals surface area contributed by atoms with E-state index in [1.807, 2.05) is 37.4 Å². The Labute approximate surface area is 204 Å². The smallest absolute Gasteiger partial charge is 0.245 e. The van der Waals surface area contributed by atoms with Crippen molar-refractivity contribution in [3.05, 3.63) is 36.0 Å². The van der Waals surface area contributed by atoms with E-state index in [1.165, 1.54) is 0 Å². The molecule has 1 saturated heterocycles. The number of rotatable bonds is 11. The van der Waals surface area contributed by atoms with Gasteiger partial charge in [0.15, 0.2) is 5.96 Å². The number of para-hydroxylation sites is 1. The first-order chi connectivity index (χ1) is 16.8. The number of guanidine groups is 1. The van der Waals surface area contributed by atoms with Gasteiger partial charge in [0, 0.05) is 36.7 Å². The second kappa shape index (κ2) is 12.2. The minimum atomic E-state index is -0.847. The first-order valence-corrected chi connectivity index (χ1v) is 12.1. The van der Waals surface area contributed by atoms with Gasteiger partial charge in [0.05, 0.1) is 6.04 Å². The standard InChI is InChI=1S/C24H36N8O3/c1-2-28-22(34)20-10-6-12-32(20)23(35)19(9-5-11-29-24(26)27)31-21(33)17(25)13-15-14-30-18-8-4-3-7-16(15)18/h3-4,7-8,14,17,19-20,30H,2,5-6,9-13,25H2,1H3,(H,28,34)(H,31,33)(H4,26,27,29)/t17-,19-,20-/m0/s1. The molecule has 1 aromatic carbocycles. The Morgan fingerprint density at radius 2 is 2.03 bits per heavy atom. The van der Waals surface area contributed by atoms with Crippen LogP contribution in [0.15, 0.2) is 35.5 Å². The molecule has 2 aromatic rings. The lowest BCUT2D eigenvalue weighted by molar-refractivity contribution is -0.141. The maximum atomic E-state index is 13.4. The van der Waals surface area contributed by atoms with E-state index in [0.717, 1.165) is 22.9 Å². The van der Waals surface area contributed by atoms with E-state index < -0.39 is 24.0 Å². The number of hydrogen-bond donors (Lipinski definition) is 6. The number of amides is 3. The van der Waals surface area contributed by atoms with Crippen molar-refractivity contribution < 1.29 is 14.4 Å². The van der Waals surface area contributed by atoms with Gasteiger partial charge in [-0.3, -0.25) is 19.4 Å². The Morgan fingerprint density at radius 3 is 2.77 bits per heavy atom. The van der Waals surface area contributed by atoms with Crippen LogP contribution in [0.3, 0.4) is 0 Å². The third-order valence-electron chi connectivity index (χ3n) is 6.20. The molecule has 0 unspecified atom stereocenters. The molecule has 11 nitrogen and oxygen atoms in total. The van der Waals surface area contributed by atoms with Crippen molar-refractivity contribution in [2.45, 2.75) is 57.2 Å². The van der Waals surface area contributed by atoms with Crippen LogP contribution in [-0.2, 0) is 20.8 Å². The molecular formula is C24H36N8O3. The number of likely N-dealkylation sites (tertiary alicyclic amines) is 1. The number of aliphatic imine (C=N–C) groups is 1. The quantitative estimate of drug-likeness (QED) is 0.144. The summed E-state index contributed by atoms with van der Waals surface area (Å²) < 4.78 is 0. The van der Waals surface area contributed by atoms with Gasteiger partial charge in [-0.05, 0) is 50.7 Å². The Morgan fingerprint density at radius 1 is 1.26 bits per heavy atom. The molecule has 3 amide bonds. The predicted octanol–water partition coefficient (Wildman–Crippen LogP) is -0.297. The fourth-order valence-corrected chi connectivity index (χ4v) is 4.47. The lowest BCUT2D eigenvalue weighted by Crippen LogP contribution is -2.55. The molecule has 190 valence electrons. The zero-order chi connectivity index (χ0) is 25.4. The van der Waals surface area contributed by atoms with Crippen molar-refractivity contribution in [2.24, 2.45) is 22.2 Å². The van der Waals surface area contributed by atoms with E-state index in [0.29, 0.717) is 45.3 Å². The number of aromatic amines is 1. The molecule has 1 aliphatic heterocycles. The van der Waals surface area contributed by atoms with Gasteiger partial charge in [0.1, 0.15) is 12.1 Å². The molecule has 11 heteroatoms. The van der Waals surface area contributed by atoms with Crippen LogP contribution in [0, 0.1) is 0 Å². The Balaban J connectivity index is 1.70. The van der Waals surface area contributed by atoms with Gasteiger partial charge >= 0.3 is 0 Å². The molecule has 3 rings (SSSR count). The summed E-state index contributed by atoms with van der Waals surface area (Å²) >= 11 is 0. The van der Waals surface area contributed by atoms with Gasteiger partial charge in [0.2, 0.25) is 17.7 Å². The number of carbonyl (C=O) groups excluding carboxylic acids is 3. The number of hydrogen-bond acceptors (Lipinski definition) is 5. The van der Waals surface area contributed by atoms with E-state index >= 15 is 0 Å². The fraction of sp³-hybridized carbons (Fsp3) is 0.500. The lowest BCUT2D eigenvalue weighted by atomic mass is 10.0. The maximum absolute atomic E-state index is 13.4. The lowest BCUT2D eigenvalue weighted by Gasteiger charge is -2.29. The molecule has 2 heterocycles. The highest BCUT2D eigenvalue weighted by Gasteiger charge is 2.37. The number of carbonyl (C=O) groups is 3. The molecular weight excluding hydrogens is 448 g/mol. The molecule has 35 heavy (non-hydrogen) atoms. The summed E-state index contributed by atoms with van der Waals surface area (Å²) in [5.74, 6) is -0.936. The van der Waals surface area contributed by atoms with Crippen molar-refractivity contribution in [1.82, 2.24) is 20.5 Å². The van der Waals surface area contributed by atoms with Crippen molar-refractivity contribution in [1.29, 1.82) is 0 Å². The van der Waals surface area contributed by atoms with Crippen molar-refractivity contribution in [2.75, 3.05) is 19.6 Å². The summed E-state index contributed by atoms with van der Waals surface area (Å²) in [5.41, 5.74) is 18.9. The molecule has 3 atom stereocenters. The monoisotopic (exact) mass is 484 g/mol. The van der Waals surface area contributed by atoms with Gasteiger partial charge in [-0.1, -0.05) is 18.2 Å². The van der Waals surface area contributed by atoms with E-state index in [1.54, 1.807) is 4.90 Å². The van der Waals surface area contributed by atoms with Crippen LogP contribution in [0.2, 0.25) is 0 Å². The van der Waals surface area contributed by atoms with Gasteiger partial charge in [-0.2, -0.15) is 0 Å². The van der Waals surface area contributed by atoms with Crippen LogP contribution in [-0.4, -0.2) is 71.3 Å². The van der Waals surface area contributed by atoms with Gasteiger partial charge in [-0.25, -0.2) is 0 Å². The number of nitrogens with zero attached hydrogens (tertiary/aromatic N) is 2. The van der Waals surface area contributed by atoms with Crippen LogP contribution in [0.25, 0.3) is 10.9 Å². The van der Waals surface area contributed by atoms with Crippen molar-refractivity contribution in [3.8, 4) is 0 Å². The molecule has 0 radical (unpaired) electrons. The highest BCUT2D eigenvalue weighted by atomic mass is 16.2. The number of fused-ring (bicyclic) bond motifs is 1. The molecule has 1 aliphatic rings. The number of likely N-dealkylation sites (N-methyl/N-ethyl adjacent to an activating group) is 1. The van der Waals surface area contributed by atoms with E-state index in [-0.39, 0.29) is 17.8 Å². The molecule has 1 aromatic heterocycles. The maximum Gasteiger partial charge on any atom is 0.245 e. The van der Waals surface area contributed by atoms with Gasteiger partial charge in [0.25, 0.3) is 0 Å². The van der Waals surface area contributed by atoms with Crippen LogP contribution < -0.4 is 27.8 Å². The van der Waals surface area contributed by atoms with Crippen molar-refractivity contribution in [3.63, 3.8) is 0 Å². The fourth-order valence-electron chi connectivity index (χ4n) is 4.47. The minimum absolute atomic E-state index is 0.0338. The molecule has 0 aliphatic carbocycles. The molecule has 0 spiro atoms. The van der Waals surface area contributed by atoms with Crippen LogP contribution in [0.5, 0.6) is 0 Å².